The van der Waals surface area contributed by atoms with Crippen molar-refractivity contribution >= 4 is 11.6 Å². The monoisotopic (exact) mass is 296 g/mol. The standard InChI is InChI=1S/C16H25ClN2O/c1-18-16(14-6-2-3-7-15(14)17)8-10-19-9-4-5-13(11-19)12-20/h2-3,6-7,13,16,18,20H,4-5,8-12H2,1H3. The second-order valence-electron chi connectivity index (χ2n) is 5.64. The summed E-state index contributed by atoms with van der Waals surface area (Å²) in [4.78, 5) is 2.46. The van der Waals surface area contributed by atoms with Crippen molar-refractivity contribution < 1.29 is 5.11 Å². The lowest BCUT2D eigenvalue weighted by Crippen LogP contribution is -2.38. The summed E-state index contributed by atoms with van der Waals surface area (Å²) < 4.78 is 0. The van der Waals surface area contributed by atoms with Crippen LogP contribution in [0.5, 0.6) is 0 Å². The number of piperidine rings is 1. The Bertz CT molecular complexity index is 413. The molecule has 1 aromatic rings. The molecule has 1 fully saturated rings. The number of hydrogen-bond donors (Lipinski definition) is 2. The fourth-order valence-corrected chi connectivity index (χ4v) is 3.30. The number of aliphatic hydroxyl groups excluding tert-OH is 1. The molecule has 2 atom stereocenters. The summed E-state index contributed by atoms with van der Waals surface area (Å²) >= 11 is 6.28. The molecule has 0 amide bonds. The van der Waals surface area contributed by atoms with Crippen LogP contribution in [0.2, 0.25) is 5.02 Å². The minimum absolute atomic E-state index is 0.290. The van der Waals surface area contributed by atoms with Gasteiger partial charge < -0.3 is 15.3 Å². The molecule has 2 N–H and O–H groups in total. The summed E-state index contributed by atoms with van der Waals surface area (Å²) in [5.74, 6) is 0.456. The number of likely N-dealkylation sites (tertiary alicyclic amines) is 1. The molecule has 0 spiro atoms. The molecule has 112 valence electrons. The smallest absolute Gasteiger partial charge is 0.0471 e. The molecule has 1 heterocycles. The maximum absolute atomic E-state index is 9.29. The largest absolute Gasteiger partial charge is 0.396 e. The average molecular weight is 297 g/mol. The highest BCUT2D eigenvalue weighted by molar-refractivity contribution is 6.31. The molecule has 2 unspecified atom stereocenters. The van der Waals surface area contributed by atoms with E-state index in [0.717, 1.165) is 37.5 Å². The first kappa shape index (κ1) is 15.8. The van der Waals surface area contributed by atoms with Crippen molar-refractivity contribution in [1.29, 1.82) is 0 Å². The highest BCUT2D eigenvalue weighted by atomic mass is 35.5. The Hall–Kier alpha value is -0.610. The van der Waals surface area contributed by atoms with Gasteiger partial charge in [-0.2, -0.15) is 0 Å². The van der Waals surface area contributed by atoms with E-state index in [2.05, 4.69) is 16.3 Å². The summed E-state index contributed by atoms with van der Waals surface area (Å²) in [5, 5.41) is 13.5. The van der Waals surface area contributed by atoms with Crippen LogP contribution in [-0.4, -0.2) is 43.3 Å². The van der Waals surface area contributed by atoms with Crippen LogP contribution in [-0.2, 0) is 0 Å². The Labute approximate surface area is 126 Å². The third-order valence-electron chi connectivity index (χ3n) is 4.22. The van der Waals surface area contributed by atoms with Crippen LogP contribution in [0.25, 0.3) is 0 Å². The quantitative estimate of drug-likeness (QED) is 0.847. The second-order valence-corrected chi connectivity index (χ2v) is 6.05. The molecule has 0 aromatic heterocycles. The molecule has 1 aromatic carbocycles. The van der Waals surface area contributed by atoms with E-state index in [1.165, 1.54) is 12.0 Å². The minimum atomic E-state index is 0.290. The Balaban J connectivity index is 1.89. The van der Waals surface area contributed by atoms with E-state index in [1.54, 1.807) is 0 Å². The number of hydrogen-bond acceptors (Lipinski definition) is 3. The second kappa shape index (κ2) is 7.99. The molecule has 0 bridgehead atoms. The van der Waals surface area contributed by atoms with E-state index in [0.29, 0.717) is 18.6 Å². The average Bonchev–Trinajstić information content (AvgIpc) is 2.49. The SMILES string of the molecule is CNC(CCN1CCCC(CO)C1)c1ccccc1Cl. The van der Waals surface area contributed by atoms with Gasteiger partial charge in [0.15, 0.2) is 0 Å². The van der Waals surface area contributed by atoms with Gasteiger partial charge in [0.2, 0.25) is 0 Å². The molecule has 2 rings (SSSR count). The molecule has 20 heavy (non-hydrogen) atoms. The molecule has 1 aliphatic rings. The van der Waals surface area contributed by atoms with Gasteiger partial charge in [-0.05, 0) is 56.9 Å². The zero-order valence-electron chi connectivity index (χ0n) is 12.2. The summed E-state index contributed by atoms with van der Waals surface area (Å²) in [6.45, 7) is 3.54. The molecule has 3 nitrogen and oxygen atoms in total. The molecule has 4 heteroatoms. The van der Waals surface area contributed by atoms with E-state index in [9.17, 15) is 5.11 Å². The van der Waals surface area contributed by atoms with Crippen LogP contribution in [0.4, 0.5) is 0 Å². The third-order valence-corrected chi connectivity index (χ3v) is 4.57. The lowest BCUT2D eigenvalue weighted by Gasteiger charge is -2.32. The lowest BCUT2D eigenvalue weighted by atomic mass is 9.98. The Kier molecular flexibility index (Phi) is 6.30. The van der Waals surface area contributed by atoms with Gasteiger partial charge in [-0.1, -0.05) is 29.8 Å². The normalized spacial score (nSPS) is 21.9. The van der Waals surface area contributed by atoms with Crippen LogP contribution < -0.4 is 5.32 Å². The fourth-order valence-electron chi connectivity index (χ4n) is 3.03. The van der Waals surface area contributed by atoms with Gasteiger partial charge in [0.1, 0.15) is 0 Å². The maximum Gasteiger partial charge on any atom is 0.0471 e. The number of halogens is 1. The Morgan fingerprint density at radius 1 is 1.45 bits per heavy atom. The number of nitrogens with zero attached hydrogens (tertiary/aromatic N) is 1. The lowest BCUT2D eigenvalue weighted by molar-refractivity contribution is 0.117. The first-order chi connectivity index (χ1) is 9.74. The van der Waals surface area contributed by atoms with Crippen LogP contribution >= 0.6 is 11.6 Å². The Morgan fingerprint density at radius 3 is 2.95 bits per heavy atom. The molecular weight excluding hydrogens is 272 g/mol. The third kappa shape index (κ3) is 4.19. The van der Waals surface area contributed by atoms with Crippen molar-refractivity contribution in [2.45, 2.75) is 25.3 Å². The summed E-state index contributed by atoms with van der Waals surface area (Å²) in [6, 6.07) is 8.34. The first-order valence-electron chi connectivity index (χ1n) is 7.49. The molecule has 1 aliphatic heterocycles. The predicted molar refractivity (Wildman–Crippen MR) is 84.1 cm³/mol. The number of rotatable bonds is 6. The molecule has 1 saturated heterocycles. The zero-order valence-corrected chi connectivity index (χ0v) is 12.9. The van der Waals surface area contributed by atoms with Gasteiger partial charge >= 0.3 is 0 Å². The summed E-state index contributed by atoms with van der Waals surface area (Å²) in [6.07, 6.45) is 3.40. The first-order valence-corrected chi connectivity index (χ1v) is 7.87. The summed E-state index contributed by atoms with van der Waals surface area (Å²) in [5.41, 5.74) is 1.17. The van der Waals surface area contributed by atoms with E-state index >= 15 is 0 Å². The zero-order chi connectivity index (χ0) is 14.4. The van der Waals surface area contributed by atoms with Crippen molar-refractivity contribution in [1.82, 2.24) is 10.2 Å². The van der Waals surface area contributed by atoms with E-state index < -0.39 is 0 Å². The minimum Gasteiger partial charge on any atom is -0.396 e. The summed E-state index contributed by atoms with van der Waals surface area (Å²) in [7, 11) is 1.99. The van der Waals surface area contributed by atoms with Gasteiger partial charge in [0, 0.05) is 24.2 Å². The van der Waals surface area contributed by atoms with E-state index in [-0.39, 0.29) is 0 Å². The van der Waals surface area contributed by atoms with Gasteiger partial charge in [-0.25, -0.2) is 0 Å². The predicted octanol–water partition coefficient (Wildman–Crippen LogP) is 2.69. The fraction of sp³-hybridized carbons (Fsp3) is 0.625. The molecule has 0 saturated carbocycles. The van der Waals surface area contributed by atoms with Gasteiger partial charge in [0.25, 0.3) is 0 Å². The molecule has 0 radical (unpaired) electrons. The van der Waals surface area contributed by atoms with Crippen LogP contribution in [0, 0.1) is 5.92 Å². The van der Waals surface area contributed by atoms with Crippen molar-refractivity contribution in [2.24, 2.45) is 5.92 Å². The van der Waals surface area contributed by atoms with Gasteiger partial charge in [0.05, 0.1) is 0 Å². The van der Waals surface area contributed by atoms with Crippen molar-refractivity contribution in [3.8, 4) is 0 Å². The maximum atomic E-state index is 9.29. The van der Waals surface area contributed by atoms with Crippen molar-refractivity contribution in [2.75, 3.05) is 33.3 Å². The van der Waals surface area contributed by atoms with Crippen LogP contribution in [0.3, 0.4) is 0 Å². The number of aliphatic hydroxyl groups is 1. The van der Waals surface area contributed by atoms with E-state index in [4.69, 9.17) is 11.6 Å². The van der Waals surface area contributed by atoms with Crippen LogP contribution in [0.15, 0.2) is 24.3 Å². The van der Waals surface area contributed by atoms with Crippen LogP contribution in [0.1, 0.15) is 30.9 Å². The number of nitrogens with one attached hydrogen (secondary N) is 1. The highest BCUT2D eigenvalue weighted by Crippen LogP contribution is 2.25. The van der Waals surface area contributed by atoms with Crippen molar-refractivity contribution in [3.05, 3.63) is 34.9 Å². The Morgan fingerprint density at radius 2 is 2.25 bits per heavy atom. The van der Waals surface area contributed by atoms with E-state index in [1.807, 2.05) is 25.2 Å². The number of benzene rings is 1. The van der Waals surface area contributed by atoms with Gasteiger partial charge in [-0.3, -0.25) is 0 Å². The molecule has 0 aliphatic carbocycles. The van der Waals surface area contributed by atoms with Crippen molar-refractivity contribution in [3.63, 3.8) is 0 Å². The topological polar surface area (TPSA) is 35.5 Å². The highest BCUT2D eigenvalue weighted by Gasteiger charge is 2.20. The molecular formula is C16H25ClN2O. The van der Waals surface area contributed by atoms with Gasteiger partial charge in [-0.15, -0.1) is 0 Å².